The number of carbonyl (C=O) groups is 2. The first kappa shape index (κ1) is 12.5. The van der Waals surface area contributed by atoms with Crippen LogP contribution in [0.5, 0.6) is 0 Å². The molecule has 2 rings (SSSR count). The Bertz CT molecular complexity index is 453. The lowest BCUT2D eigenvalue weighted by Crippen LogP contribution is -2.55. The van der Waals surface area contributed by atoms with Crippen molar-refractivity contribution in [2.75, 3.05) is 13.2 Å². The molecule has 0 radical (unpaired) electrons. The van der Waals surface area contributed by atoms with E-state index >= 15 is 0 Å². The van der Waals surface area contributed by atoms with E-state index in [2.05, 4.69) is 21.2 Å². The van der Waals surface area contributed by atoms with E-state index in [9.17, 15) is 14.7 Å². The average Bonchev–Trinajstić information content (AvgIpc) is 2.87. The maximum Gasteiger partial charge on any atom is 0.331 e. The van der Waals surface area contributed by atoms with E-state index in [1.807, 2.05) is 0 Å². The summed E-state index contributed by atoms with van der Waals surface area (Å²) in [6, 6.07) is 1.75. The lowest BCUT2D eigenvalue weighted by Gasteiger charge is -2.23. The second-order valence-electron chi connectivity index (χ2n) is 3.74. The predicted octanol–water partition coefficient (Wildman–Crippen LogP) is 1.48. The van der Waals surface area contributed by atoms with Crippen molar-refractivity contribution in [1.82, 2.24) is 5.32 Å². The van der Waals surface area contributed by atoms with E-state index < -0.39 is 11.5 Å². The van der Waals surface area contributed by atoms with Crippen molar-refractivity contribution < 1.29 is 19.4 Å². The van der Waals surface area contributed by atoms with E-state index in [0.29, 0.717) is 16.0 Å². The van der Waals surface area contributed by atoms with Crippen LogP contribution in [-0.2, 0) is 9.53 Å². The molecule has 1 fully saturated rings. The van der Waals surface area contributed by atoms with Crippen molar-refractivity contribution in [2.24, 2.45) is 0 Å². The summed E-state index contributed by atoms with van der Waals surface area (Å²) in [5.41, 5.74) is -1.29. The summed E-state index contributed by atoms with van der Waals surface area (Å²) in [6.07, 6.45) is 0.289. The Morgan fingerprint density at radius 3 is 2.82 bits per heavy atom. The van der Waals surface area contributed by atoms with Crippen LogP contribution < -0.4 is 5.32 Å². The van der Waals surface area contributed by atoms with Gasteiger partial charge in [0, 0.05) is 17.5 Å². The molecular formula is C10H10BrNO4S. The Kier molecular flexibility index (Phi) is 3.50. The number of nitrogens with one attached hydrogen (secondary N) is 1. The van der Waals surface area contributed by atoms with Crippen molar-refractivity contribution in [3.8, 4) is 0 Å². The summed E-state index contributed by atoms with van der Waals surface area (Å²) < 4.78 is 5.73. The number of carboxylic acids is 1. The van der Waals surface area contributed by atoms with E-state index in [4.69, 9.17) is 4.74 Å². The van der Waals surface area contributed by atoms with E-state index in [-0.39, 0.29) is 18.9 Å². The minimum absolute atomic E-state index is 0.0110. The first-order valence-electron chi connectivity index (χ1n) is 4.92. The van der Waals surface area contributed by atoms with Crippen LogP contribution in [0.15, 0.2) is 15.9 Å². The quantitative estimate of drug-likeness (QED) is 0.885. The number of ether oxygens (including phenoxy) is 1. The number of halogens is 1. The Balaban J connectivity index is 2.17. The van der Waals surface area contributed by atoms with Crippen molar-refractivity contribution >= 4 is 39.1 Å². The number of carbonyl (C=O) groups excluding carboxylic acids is 1. The molecule has 92 valence electrons. The van der Waals surface area contributed by atoms with E-state index in [1.54, 1.807) is 11.4 Å². The molecule has 0 aromatic carbocycles. The summed E-state index contributed by atoms with van der Waals surface area (Å²) in [4.78, 5) is 23.6. The van der Waals surface area contributed by atoms with E-state index in [1.165, 1.54) is 11.3 Å². The molecule has 2 heterocycles. The summed E-state index contributed by atoms with van der Waals surface area (Å²) in [5, 5.41) is 13.5. The van der Waals surface area contributed by atoms with Crippen LogP contribution in [0.3, 0.4) is 0 Å². The average molecular weight is 320 g/mol. The highest BCUT2D eigenvalue weighted by molar-refractivity contribution is 9.10. The molecule has 0 spiro atoms. The highest BCUT2D eigenvalue weighted by atomic mass is 79.9. The standard InChI is InChI=1S/C10H10BrNO4S/c11-6-1-4-17-7(6)8(13)12-10(9(14)15)2-3-16-5-10/h1,4H,2-3,5H2,(H,12,13)(H,14,15). The lowest BCUT2D eigenvalue weighted by atomic mass is 9.99. The van der Waals surface area contributed by atoms with Gasteiger partial charge in [0.2, 0.25) is 0 Å². The zero-order chi connectivity index (χ0) is 12.5. The SMILES string of the molecule is O=C(NC1(C(=O)O)CCOC1)c1sccc1Br. The summed E-state index contributed by atoms with van der Waals surface area (Å²) >= 11 is 4.50. The van der Waals surface area contributed by atoms with Crippen molar-refractivity contribution in [1.29, 1.82) is 0 Å². The summed E-state index contributed by atoms with van der Waals surface area (Å²) in [7, 11) is 0. The Hall–Kier alpha value is -0.920. The van der Waals surface area contributed by atoms with E-state index in [0.717, 1.165) is 0 Å². The molecular weight excluding hydrogens is 310 g/mol. The van der Waals surface area contributed by atoms with Gasteiger partial charge in [0.05, 0.1) is 6.61 Å². The number of aliphatic carboxylic acids is 1. The predicted molar refractivity (Wildman–Crippen MR) is 65.3 cm³/mol. The molecule has 7 heteroatoms. The molecule has 2 N–H and O–H groups in total. The maximum absolute atomic E-state index is 11.9. The molecule has 1 unspecified atom stereocenters. The van der Waals surface area contributed by atoms with Crippen LogP contribution in [0.1, 0.15) is 16.1 Å². The lowest BCUT2D eigenvalue weighted by molar-refractivity contribution is -0.144. The molecule has 1 aromatic heterocycles. The van der Waals surface area contributed by atoms with Gasteiger partial charge in [-0.25, -0.2) is 4.79 Å². The largest absolute Gasteiger partial charge is 0.479 e. The van der Waals surface area contributed by atoms with Crippen LogP contribution >= 0.6 is 27.3 Å². The molecule has 1 aromatic rings. The minimum atomic E-state index is -1.29. The topological polar surface area (TPSA) is 75.6 Å². The number of thiophene rings is 1. The molecule has 0 saturated carbocycles. The van der Waals surface area contributed by atoms with Gasteiger partial charge in [-0.05, 0) is 27.4 Å². The molecule has 1 atom stereocenters. The zero-order valence-electron chi connectivity index (χ0n) is 8.73. The maximum atomic E-state index is 11.9. The third-order valence-corrected chi connectivity index (χ3v) is 4.44. The molecule has 1 aliphatic rings. The normalized spacial score (nSPS) is 23.6. The van der Waals surface area contributed by atoms with Gasteiger partial charge in [0.25, 0.3) is 5.91 Å². The number of carboxylic acid groups (broad SMARTS) is 1. The molecule has 0 bridgehead atoms. The van der Waals surface area contributed by atoms with Gasteiger partial charge in [-0.15, -0.1) is 11.3 Å². The number of hydrogen-bond acceptors (Lipinski definition) is 4. The van der Waals surface area contributed by atoms with Gasteiger partial charge in [0.1, 0.15) is 4.88 Å². The highest BCUT2D eigenvalue weighted by Crippen LogP contribution is 2.25. The number of rotatable bonds is 3. The second-order valence-corrected chi connectivity index (χ2v) is 5.51. The Labute approximate surface area is 110 Å². The van der Waals surface area contributed by atoms with Crippen LogP contribution in [0.2, 0.25) is 0 Å². The third-order valence-electron chi connectivity index (χ3n) is 2.61. The first-order valence-corrected chi connectivity index (χ1v) is 6.59. The zero-order valence-corrected chi connectivity index (χ0v) is 11.1. The summed E-state index contributed by atoms with van der Waals surface area (Å²) in [6.45, 7) is 0.356. The van der Waals surface area contributed by atoms with Crippen molar-refractivity contribution in [3.05, 3.63) is 20.8 Å². The Morgan fingerprint density at radius 2 is 2.35 bits per heavy atom. The molecule has 1 amide bonds. The van der Waals surface area contributed by atoms with Gasteiger partial charge >= 0.3 is 5.97 Å². The molecule has 0 aliphatic carbocycles. The summed E-state index contributed by atoms with van der Waals surface area (Å²) in [5.74, 6) is -1.45. The number of amides is 1. The van der Waals surface area contributed by atoms with Gasteiger partial charge in [0.15, 0.2) is 5.54 Å². The Morgan fingerprint density at radius 1 is 1.59 bits per heavy atom. The van der Waals surface area contributed by atoms with Crippen molar-refractivity contribution in [3.63, 3.8) is 0 Å². The fourth-order valence-corrected chi connectivity index (χ4v) is 3.06. The smallest absolute Gasteiger partial charge is 0.331 e. The minimum Gasteiger partial charge on any atom is -0.479 e. The number of hydrogen-bond donors (Lipinski definition) is 2. The monoisotopic (exact) mass is 319 g/mol. The second kappa shape index (κ2) is 4.75. The van der Waals surface area contributed by atoms with Gasteiger partial charge in [-0.1, -0.05) is 0 Å². The fraction of sp³-hybridized carbons (Fsp3) is 0.400. The van der Waals surface area contributed by atoms with Crippen LogP contribution in [0, 0.1) is 0 Å². The molecule has 1 aliphatic heterocycles. The molecule has 17 heavy (non-hydrogen) atoms. The first-order chi connectivity index (χ1) is 8.05. The van der Waals surface area contributed by atoms with Gasteiger partial charge in [-0.3, -0.25) is 4.79 Å². The third kappa shape index (κ3) is 2.36. The fourth-order valence-electron chi connectivity index (χ4n) is 1.62. The highest BCUT2D eigenvalue weighted by Gasteiger charge is 2.44. The molecule has 1 saturated heterocycles. The molecule has 5 nitrogen and oxygen atoms in total. The van der Waals surface area contributed by atoms with Crippen LogP contribution in [0.25, 0.3) is 0 Å². The van der Waals surface area contributed by atoms with Crippen molar-refractivity contribution in [2.45, 2.75) is 12.0 Å². The van der Waals surface area contributed by atoms with Gasteiger partial charge in [-0.2, -0.15) is 0 Å². The van der Waals surface area contributed by atoms with Gasteiger partial charge < -0.3 is 15.2 Å². The van der Waals surface area contributed by atoms with Crippen LogP contribution in [0.4, 0.5) is 0 Å². The van der Waals surface area contributed by atoms with Crippen LogP contribution in [-0.4, -0.2) is 35.7 Å².